The second-order valence-electron chi connectivity index (χ2n) is 6.69. The predicted molar refractivity (Wildman–Crippen MR) is 110 cm³/mol. The average molecular weight is 425 g/mol. The van der Waals surface area contributed by atoms with Crippen molar-refractivity contribution in [2.75, 3.05) is 5.32 Å². The molecule has 0 spiro atoms. The van der Waals surface area contributed by atoms with Crippen LogP contribution >= 0.6 is 7.60 Å². The number of nitro benzene ring substituents is 2. The van der Waals surface area contributed by atoms with Gasteiger partial charge in [0.25, 0.3) is 11.4 Å². The average Bonchev–Trinajstić information content (AvgIpc) is 2.66. The molecule has 2 rings (SSSR count). The molecule has 0 radical (unpaired) electrons. The quantitative estimate of drug-likeness (QED) is 0.300. The lowest BCUT2D eigenvalue weighted by molar-refractivity contribution is -0.392. The van der Waals surface area contributed by atoms with Gasteiger partial charge in [0.15, 0.2) is 0 Å². The summed E-state index contributed by atoms with van der Waals surface area (Å²) in [5.41, 5.74) is -0.996. The third-order valence-corrected chi connectivity index (χ3v) is 6.41. The first-order valence-corrected chi connectivity index (χ1v) is 10.9. The van der Waals surface area contributed by atoms with E-state index in [1.165, 1.54) is 12.1 Å². The van der Waals surface area contributed by atoms with Gasteiger partial charge in [0.1, 0.15) is 11.5 Å². The number of nitrogens with zero attached hydrogens (tertiary/aromatic N) is 2. The number of nitrogens with one attached hydrogen (secondary N) is 1. The van der Waals surface area contributed by atoms with Crippen LogP contribution in [0.15, 0.2) is 30.3 Å². The third-order valence-electron chi connectivity index (χ3n) is 4.57. The van der Waals surface area contributed by atoms with Gasteiger partial charge in [-0.3, -0.25) is 24.8 Å². The van der Waals surface area contributed by atoms with Crippen LogP contribution in [0.4, 0.5) is 17.1 Å². The number of fused-ring (bicyclic) bond motifs is 1. The second-order valence-corrected chi connectivity index (χ2v) is 8.65. The molecule has 0 aliphatic carbocycles. The van der Waals surface area contributed by atoms with Gasteiger partial charge < -0.3 is 14.7 Å². The van der Waals surface area contributed by atoms with Crippen molar-refractivity contribution in [1.29, 1.82) is 0 Å². The molecule has 0 saturated heterocycles. The van der Waals surface area contributed by atoms with Crippen molar-refractivity contribution in [3.05, 3.63) is 50.6 Å². The van der Waals surface area contributed by atoms with Crippen LogP contribution in [0, 0.1) is 20.2 Å². The zero-order valence-corrected chi connectivity index (χ0v) is 17.3. The van der Waals surface area contributed by atoms with E-state index in [2.05, 4.69) is 5.32 Å². The first kappa shape index (κ1) is 22.7. The largest absolute Gasteiger partial charge is 0.365 e. The molecule has 2 aromatic carbocycles. The molecule has 158 valence electrons. The fourth-order valence-electron chi connectivity index (χ4n) is 2.95. The lowest BCUT2D eigenvalue weighted by Crippen LogP contribution is -2.23. The molecular formula is C18H24N3O7P. The summed E-state index contributed by atoms with van der Waals surface area (Å²) in [5, 5.41) is 26.2. The highest BCUT2D eigenvalue weighted by atomic mass is 31.2. The maximum atomic E-state index is 12.9. The lowest BCUT2D eigenvalue weighted by Gasteiger charge is -2.26. The summed E-state index contributed by atoms with van der Waals surface area (Å²) in [6, 6.07) is 7.01. The highest BCUT2D eigenvalue weighted by Crippen LogP contribution is 2.52. The molecule has 3 unspecified atom stereocenters. The third kappa shape index (κ3) is 5.09. The van der Waals surface area contributed by atoms with Gasteiger partial charge in [-0.25, -0.2) is 0 Å². The Morgan fingerprint density at radius 2 is 1.72 bits per heavy atom. The van der Waals surface area contributed by atoms with Gasteiger partial charge in [-0.05, 0) is 25.8 Å². The van der Waals surface area contributed by atoms with Crippen LogP contribution < -0.4 is 5.32 Å². The Labute approximate surface area is 167 Å². The summed E-state index contributed by atoms with van der Waals surface area (Å²) in [6.07, 6.45) is 0.775. The molecule has 0 aliphatic rings. The van der Waals surface area contributed by atoms with Crippen molar-refractivity contribution < 1.29 is 23.8 Å². The molecule has 0 aliphatic heterocycles. The highest BCUT2D eigenvalue weighted by molar-refractivity contribution is 7.53. The summed E-state index contributed by atoms with van der Waals surface area (Å²) in [5.74, 6) is -1.11. The number of hydrogen-bond donors (Lipinski definition) is 2. The van der Waals surface area contributed by atoms with E-state index >= 15 is 0 Å². The predicted octanol–water partition coefficient (Wildman–Crippen LogP) is 5.19. The van der Waals surface area contributed by atoms with Crippen molar-refractivity contribution in [2.24, 2.45) is 0 Å². The minimum absolute atomic E-state index is 0.0447. The number of nitro groups is 2. The Bertz CT molecular complexity index is 966. The topological polar surface area (TPSA) is 145 Å². The summed E-state index contributed by atoms with van der Waals surface area (Å²) in [7, 11) is -4.18. The number of hydrogen-bond acceptors (Lipinski definition) is 7. The van der Waals surface area contributed by atoms with Crippen LogP contribution in [-0.4, -0.2) is 26.6 Å². The van der Waals surface area contributed by atoms with Gasteiger partial charge >= 0.3 is 7.60 Å². The van der Waals surface area contributed by atoms with Crippen molar-refractivity contribution in [2.45, 2.75) is 51.9 Å². The van der Waals surface area contributed by atoms with E-state index in [-0.39, 0.29) is 22.9 Å². The summed E-state index contributed by atoms with van der Waals surface area (Å²) >= 11 is 0. The van der Waals surface area contributed by atoms with E-state index in [0.29, 0.717) is 12.8 Å². The smallest absolute Gasteiger partial charge is 0.350 e. The molecule has 0 fully saturated rings. The Balaban J connectivity index is 2.65. The molecule has 2 N–H and O–H groups in total. The van der Waals surface area contributed by atoms with Crippen molar-refractivity contribution in [3.63, 3.8) is 0 Å². The van der Waals surface area contributed by atoms with Crippen LogP contribution in [0.1, 0.15) is 40.0 Å². The number of benzene rings is 2. The van der Waals surface area contributed by atoms with Crippen molar-refractivity contribution in [3.8, 4) is 0 Å². The van der Waals surface area contributed by atoms with E-state index in [4.69, 9.17) is 4.52 Å². The van der Waals surface area contributed by atoms with Gasteiger partial charge in [-0.1, -0.05) is 38.5 Å². The summed E-state index contributed by atoms with van der Waals surface area (Å²) in [6.45, 7) is 5.28. The molecule has 0 saturated carbocycles. The Morgan fingerprint density at radius 1 is 1.14 bits per heavy atom. The van der Waals surface area contributed by atoms with E-state index in [1.807, 2.05) is 6.92 Å². The maximum absolute atomic E-state index is 12.9. The zero-order chi connectivity index (χ0) is 21.8. The Hall–Kier alpha value is -2.55. The van der Waals surface area contributed by atoms with E-state index in [9.17, 15) is 29.7 Å². The molecule has 0 bridgehead atoms. The zero-order valence-electron chi connectivity index (χ0n) is 16.4. The van der Waals surface area contributed by atoms with Crippen LogP contribution in [0.25, 0.3) is 10.8 Å². The van der Waals surface area contributed by atoms with Gasteiger partial charge in [-0.2, -0.15) is 0 Å². The first-order chi connectivity index (χ1) is 13.6. The first-order valence-electron chi connectivity index (χ1n) is 9.24. The van der Waals surface area contributed by atoms with E-state index in [1.54, 1.807) is 26.0 Å². The molecule has 2 aromatic rings. The summed E-state index contributed by atoms with van der Waals surface area (Å²) in [4.78, 5) is 32.1. The normalized spacial score (nSPS) is 15.4. The van der Waals surface area contributed by atoms with Gasteiger partial charge in [-0.15, -0.1) is 0 Å². The fraction of sp³-hybridized carbons (Fsp3) is 0.444. The van der Waals surface area contributed by atoms with Gasteiger partial charge in [0, 0.05) is 5.39 Å². The van der Waals surface area contributed by atoms with Gasteiger partial charge in [0.2, 0.25) is 0 Å². The second kappa shape index (κ2) is 9.30. The Morgan fingerprint density at radius 3 is 2.24 bits per heavy atom. The van der Waals surface area contributed by atoms with Crippen LogP contribution in [0.3, 0.4) is 0 Å². The van der Waals surface area contributed by atoms with Crippen molar-refractivity contribution >= 4 is 35.4 Å². The molecule has 29 heavy (non-hydrogen) atoms. The minimum atomic E-state index is -4.18. The molecule has 0 heterocycles. The number of rotatable bonds is 10. The van der Waals surface area contributed by atoms with E-state index in [0.717, 1.165) is 6.07 Å². The van der Waals surface area contributed by atoms with Crippen LogP contribution in [0.5, 0.6) is 0 Å². The van der Waals surface area contributed by atoms with Crippen LogP contribution in [0.2, 0.25) is 0 Å². The minimum Gasteiger partial charge on any atom is -0.365 e. The molecule has 10 nitrogen and oxygen atoms in total. The molecular weight excluding hydrogens is 401 g/mol. The lowest BCUT2D eigenvalue weighted by atomic mass is 10.0. The molecule has 11 heteroatoms. The van der Waals surface area contributed by atoms with Crippen LogP contribution in [-0.2, 0) is 9.09 Å². The van der Waals surface area contributed by atoms with Gasteiger partial charge in [0.05, 0.1) is 27.4 Å². The number of anilines is 1. The fourth-order valence-corrected chi connectivity index (χ4v) is 4.64. The van der Waals surface area contributed by atoms with E-state index < -0.39 is 40.7 Å². The standard InChI is InChI=1S/C18H24N3O7P/c1-4-8-17(29(26,27)28-12(3)5-2)19-18-14-10-7-6-9-13(14)15(20(22)23)11-16(18)21(24)25/h6-7,9-12,17,19H,4-5,8H2,1-3H3,(H,26,27). The molecule has 0 aromatic heterocycles. The Kier molecular flexibility index (Phi) is 7.29. The SMILES string of the molecule is CCCC(Nc1c([N+](=O)[O-])cc([N+](=O)[O-])c2ccccc12)P(=O)(O)OC(C)CC. The summed E-state index contributed by atoms with van der Waals surface area (Å²) < 4.78 is 18.2. The maximum Gasteiger partial charge on any atom is 0.350 e. The number of non-ortho nitro benzene ring substituents is 1. The van der Waals surface area contributed by atoms with Crippen molar-refractivity contribution in [1.82, 2.24) is 0 Å². The highest BCUT2D eigenvalue weighted by Gasteiger charge is 2.36. The molecule has 0 amide bonds. The monoisotopic (exact) mass is 425 g/mol. The molecule has 3 atom stereocenters.